The Kier molecular flexibility index (Phi) is 6.80. The highest BCUT2D eigenvalue weighted by molar-refractivity contribution is 6.16. The number of nitrogens with zero attached hydrogens (tertiary/aromatic N) is 3. The second-order valence-electron chi connectivity index (χ2n) is 9.05. The number of amides is 2. The van der Waals surface area contributed by atoms with E-state index >= 15 is 4.39 Å². The number of benzene rings is 2. The van der Waals surface area contributed by atoms with Crippen molar-refractivity contribution in [2.75, 3.05) is 10.6 Å². The number of anilines is 2. The lowest BCUT2D eigenvalue weighted by Crippen LogP contribution is -2.35. The molecule has 2 heterocycles. The van der Waals surface area contributed by atoms with Crippen LogP contribution >= 0.6 is 0 Å². The molecule has 0 saturated heterocycles. The molecule has 0 bridgehead atoms. The highest BCUT2D eigenvalue weighted by Crippen LogP contribution is 2.47. The Bertz CT molecular complexity index is 1580. The van der Waals surface area contributed by atoms with Crippen LogP contribution in [0.1, 0.15) is 18.5 Å². The lowest BCUT2D eigenvalue weighted by atomic mass is 10.0. The van der Waals surface area contributed by atoms with Crippen LogP contribution in [0.25, 0.3) is 17.3 Å². The predicted molar refractivity (Wildman–Crippen MR) is 141 cm³/mol. The number of pyridine rings is 1. The maximum atomic E-state index is 15.1. The SMILES string of the molecule is Cn1nccc1-c1cnc(C=CN)c(Oc2ccc(NC(=O)C3(C(=O)Nc4ccc(F)cc4)CC3)cc2F)c1. The van der Waals surface area contributed by atoms with E-state index < -0.39 is 28.9 Å². The Balaban J connectivity index is 1.31. The van der Waals surface area contributed by atoms with E-state index in [9.17, 15) is 14.0 Å². The van der Waals surface area contributed by atoms with Gasteiger partial charge in [0, 0.05) is 42.4 Å². The number of nitrogens with two attached hydrogens (primary N) is 1. The van der Waals surface area contributed by atoms with Crippen molar-refractivity contribution in [2.45, 2.75) is 12.8 Å². The molecule has 4 N–H and O–H groups in total. The molecule has 2 aromatic heterocycles. The summed E-state index contributed by atoms with van der Waals surface area (Å²) in [6.07, 6.45) is 6.79. The Morgan fingerprint density at radius 1 is 1.00 bits per heavy atom. The van der Waals surface area contributed by atoms with Gasteiger partial charge >= 0.3 is 0 Å². The van der Waals surface area contributed by atoms with Crippen molar-refractivity contribution in [3.63, 3.8) is 0 Å². The minimum absolute atomic E-state index is 0.0983. The first-order valence-electron chi connectivity index (χ1n) is 12.0. The number of halogens is 2. The molecule has 11 heteroatoms. The number of aryl methyl sites for hydroxylation is 1. The first-order valence-corrected chi connectivity index (χ1v) is 12.0. The summed E-state index contributed by atoms with van der Waals surface area (Å²) in [5.74, 6) is -2.07. The monoisotopic (exact) mass is 530 g/mol. The van der Waals surface area contributed by atoms with Gasteiger partial charge in [-0.05, 0) is 73.6 Å². The minimum Gasteiger partial charge on any atom is -0.452 e. The first kappa shape index (κ1) is 25.6. The summed E-state index contributed by atoms with van der Waals surface area (Å²) in [6.45, 7) is 0. The third kappa shape index (κ3) is 5.33. The number of aromatic nitrogens is 3. The maximum absolute atomic E-state index is 15.1. The largest absolute Gasteiger partial charge is 0.452 e. The molecule has 2 amide bonds. The zero-order chi connectivity index (χ0) is 27.6. The van der Waals surface area contributed by atoms with Gasteiger partial charge in [-0.3, -0.25) is 19.3 Å². The van der Waals surface area contributed by atoms with E-state index in [0.29, 0.717) is 29.8 Å². The van der Waals surface area contributed by atoms with Gasteiger partial charge in [-0.15, -0.1) is 0 Å². The molecular weight excluding hydrogens is 506 g/mol. The van der Waals surface area contributed by atoms with E-state index in [1.54, 1.807) is 30.2 Å². The molecule has 0 spiro atoms. The summed E-state index contributed by atoms with van der Waals surface area (Å²) in [5.41, 5.74) is 6.68. The van der Waals surface area contributed by atoms with Crippen molar-refractivity contribution in [2.24, 2.45) is 18.2 Å². The van der Waals surface area contributed by atoms with Crippen molar-refractivity contribution < 1.29 is 23.1 Å². The third-order valence-corrected chi connectivity index (χ3v) is 6.38. The van der Waals surface area contributed by atoms with Crippen LogP contribution in [0.4, 0.5) is 20.2 Å². The molecule has 39 heavy (non-hydrogen) atoms. The van der Waals surface area contributed by atoms with Gasteiger partial charge in [-0.1, -0.05) is 0 Å². The number of carbonyl (C=O) groups excluding carboxylic acids is 2. The third-order valence-electron chi connectivity index (χ3n) is 6.38. The maximum Gasteiger partial charge on any atom is 0.240 e. The predicted octanol–water partition coefficient (Wildman–Crippen LogP) is 4.84. The van der Waals surface area contributed by atoms with E-state index in [1.165, 1.54) is 48.7 Å². The average Bonchev–Trinajstić information content (AvgIpc) is 3.63. The average molecular weight is 531 g/mol. The van der Waals surface area contributed by atoms with Gasteiger partial charge in [0.15, 0.2) is 17.3 Å². The summed E-state index contributed by atoms with van der Waals surface area (Å²) in [6, 6.07) is 12.7. The summed E-state index contributed by atoms with van der Waals surface area (Å²) in [4.78, 5) is 30.1. The van der Waals surface area contributed by atoms with Crippen molar-refractivity contribution in [3.05, 3.63) is 90.5 Å². The van der Waals surface area contributed by atoms with E-state index in [4.69, 9.17) is 10.5 Å². The Morgan fingerprint density at radius 3 is 2.31 bits per heavy atom. The normalized spacial score (nSPS) is 13.7. The van der Waals surface area contributed by atoms with Gasteiger partial charge in [-0.2, -0.15) is 5.10 Å². The van der Waals surface area contributed by atoms with Crippen molar-refractivity contribution in [1.82, 2.24) is 14.8 Å². The van der Waals surface area contributed by atoms with Crippen LogP contribution in [0, 0.1) is 17.0 Å². The summed E-state index contributed by atoms with van der Waals surface area (Å²) in [5, 5.41) is 9.40. The van der Waals surface area contributed by atoms with Crippen LogP contribution in [-0.2, 0) is 16.6 Å². The number of hydrogen-bond donors (Lipinski definition) is 3. The van der Waals surface area contributed by atoms with Gasteiger partial charge in [-0.25, -0.2) is 8.78 Å². The fourth-order valence-corrected chi connectivity index (χ4v) is 4.05. The zero-order valence-corrected chi connectivity index (χ0v) is 20.8. The number of nitrogens with one attached hydrogen (secondary N) is 2. The summed E-state index contributed by atoms with van der Waals surface area (Å²) < 4.78 is 35.7. The van der Waals surface area contributed by atoms with Crippen LogP contribution in [0.15, 0.2) is 73.2 Å². The Hall–Kier alpha value is -5.06. The second-order valence-corrected chi connectivity index (χ2v) is 9.05. The van der Waals surface area contributed by atoms with E-state index in [-0.39, 0.29) is 17.2 Å². The van der Waals surface area contributed by atoms with Crippen LogP contribution in [-0.4, -0.2) is 26.6 Å². The molecule has 5 rings (SSSR count). The van der Waals surface area contributed by atoms with Gasteiger partial charge in [0.2, 0.25) is 11.8 Å². The van der Waals surface area contributed by atoms with Crippen molar-refractivity contribution in [1.29, 1.82) is 0 Å². The molecule has 1 aliphatic carbocycles. The summed E-state index contributed by atoms with van der Waals surface area (Å²) in [7, 11) is 1.79. The number of ether oxygens (including phenoxy) is 1. The molecule has 0 radical (unpaired) electrons. The van der Waals surface area contributed by atoms with Gasteiger partial charge in [0.1, 0.15) is 16.9 Å². The van der Waals surface area contributed by atoms with E-state index in [2.05, 4.69) is 20.7 Å². The molecule has 0 aliphatic heterocycles. The highest BCUT2D eigenvalue weighted by atomic mass is 19.1. The van der Waals surface area contributed by atoms with Crippen LogP contribution < -0.4 is 21.1 Å². The van der Waals surface area contributed by atoms with Crippen LogP contribution in [0.2, 0.25) is 0 Å². The minimum atomic E-state index is -1.28. The standard InChI is InChI=1S/C28H24F2N6O3/c1-36-23(9-13-33-36)17-14-25(22(8-12-31)32-16-17)39-24-7-6-20(15-21(24)30)35-27(38)28(10-11-28)26(37)34-19-4-2-18(29)3-5-19/h2-9,12-16H,10-11,31H2,1H3,(H,34,37)(H,35,38). The van der Waals surface area contributed by atoms with Crippen LogP contribution in [0.3, 0.4) is 0 Å². The lowest BCUT2D eigenvalue weighted by Gasteiger charge is -2.16. The molecular formula is C28H24F2N6O3. The number of carbonyl (C=O) groups is 2. The Labute approximate surface area is 222 Å². The fourth-order valence-electron chi connectivity index (χ4n) is 4.05. The smallest absolute Gasteiger partial charge is 0.240 e. The molecule has 4 aromatic rings. The molecule has 0 unspecified atom stereocenters. The first-order chi connectivity index (χ1) is 18.8. The fraction of sp³-hybridized carbons (Fsp3) is 0.143. The van der Waals surface area contributed by atoms with Gasteiger partial charge < -0.3 is 21.1 Å². The molecule has 1 aliphatic rings. The quantitative estimate of drug-likeness (QED) is 0.280. The molecule has 9 nitrogen and oxygen atoms in total. The van der Waals surface area contributed by atoms with Gasteiger partial charge in [0.05, 0.1) is 5.69 Å². The highest BCUT2D eigenvalue weighted by Gasteiger charge is 2.56. The molecule has 198 valence electrons. The lowest BCUT2D eigenvalue weighted by molar-refractivity contribution is -0.131. The molecule has 0 atom stereocenters. The molecule has 2 aromatic carbocycles. The Morgan fingerprint density at radius 2 is 1.69 bits per heavy atom. The van der Waals surface area contributed by atoms with Crippen LogP contribution in [0.5, 0.6) is 11.5 Å². The number of rotatable bonds is 8. The second kappa shape index (κ2) is 10.4. The van der Waals surface area contributed by atoms with E-state index in [0.717, 1.165) is 11.8 Å². The van der Waals surface area contributed by atoms with Crippen molar-refractivity contribution >= 4 is 29.3 Å². The zero-order valence-electron chi connectivity index (χ0n) is 20.8. The topological polar surface area (TPSA) is 124 Å². The molecule has 1 saturated carbocycles. The summed E-state index contributed by atoms with van der Waals surface area (Å²) >= 11 is 0. The van der Waals surface area contributed by atoms with Crippen molar-refractivity contribution in [3.8, 4) is 22.8 Å². The number of hydrogen-bond acceptors (Lipinski definition) is 6. The van der Waals surface area contributed by atoms with E-state index in [1.807, 2.05) is 6.07 Å². The van der Waals surface area contributed by atoms with Gasteiger partial charge in [0.25, 0.3) is 0 Å². The molecule has 1 fully saturated rings.